The van der Waals surface area contributed by atoms with Crippen LogP contribution in [0.2, 0.25) is 0 Å². The molecule has 1 aromatic rings. The van der Waals surface area contributed by atoms with Crippen LogP contribution in [0.4, 0.5) is 8.78 Å². The molecule has 0 saturated heterocycles. The van der Waals surface area contributed by atoms with Gasteiger partial charge >= 0.3 is 0 Å². The summed E-state index contributed by atoms with van der Waals surface area (Å²) in [5.74, 6) is -1.27. The largest absolute Gasteiger partial charge is 0.389 e. The zero-order valence-electron chi connectivity index (χ0n) is 10.1. The van der Waals surface area contributed by atoms with E-state index in [1.54, 1.807) is 0 Å². The van der Waals surface area contributed by atoms with Gasteiger partial charge < -0.3 is 20.3 Å². The number of halogens is 2. The lowest BCUT2D eigenvalue weighted by molar-refractivity contribution is 0.0615. The van der Waals surface area contributed by atoms with E-state index in [-0.39, 0.29) is 25.3 Å². The molecule has 0 bridgehead atoms. The number of benzene rings is 1. The monoisotopic (exact) mass is 261 g/mol. The summed E-state index contributed by atoms with van der Waals surface area (Å²) in [6, 6.07) is 2.91. The third-order valence-electron chi connectivity index (χ3n) is 2.39. The number of methoxy groups -OCH3 is 1. The summed E-state index contributed by atoms with van der Waals surface area (Å²) in [7, 11) is 1.46. The number of ether oxygens (including phenoxy) is 1. The van der Waals surface area contributed by atoms with Crippen LogP contribution in [0.1, 0.15) is 11.7 Å². The molecule has 3 N–H and O–H groups in total. The van der Waals surface area contributed by atoms with Crippen molar-refractivity contribution >= 4 is 0 Å². The van der Waals surface area contributed by atoms with Crippen molar-refractivity contribution in [3.8, 4) is 0 Å². The molecule has 0 amide bonds. The zero-order valence-corrected chi connectivity index (χ0v) is 10.1. The second-order valence-corrected chi connectivity index (χ2v) is 3.95. The predicted octanol–water partition coefficient (Wildman–Crippen LogP) is 0.595. The van der Waals surface area contributed by atoms with Crippen LogP contribution in [-0.2, 0) is 4.74 Å². The quantitative estimate of drug-likeness (QED) is 0.672. The molecule has 0 aromatic heterocycles. The van der Waals surface area contributed by atoms with Crippen LogP contribution < -0.4 is 5.32 Å². The number of aliphatic hydroxyl groups is 2. The normalized spacial score (nSPS) is 14.5. The molecule has 0 heterocycles. The number of rotatable bonds is 7. The van der Waals surface area contributed by atoms with Gasteiger partial charge in [0, 0.05) is 25.8 Å². The van der Waals surface area contributed by atoms with E-state index in [2.05, 4.69) is 5.32 Å². The molecule has 0 aliphatic heterocycles. The van der Waals surface area contributed by atoms with Gasteiger partial charge in [0.1, 0.15) is 11.6 Å². The first-order chi connectivity index (χ1) is 8.54. The van der Waals surface area contributed by atoms with Gasteiger partial charge in [-0.1, -0.05) is 0 Å². The Hall–Kier alpha value is -1.08. The van der Waals surface area contributed by atoms with Crippen LogP contribution in [-0.4, -0.2) is 43.1 Å². The highest BCUT2D eigenvalue weighted by Gasteiger charge is 2.14. The van der Waals surface area contributed by atoms with Crippen LogP contribution in [0.25, 0.3) is 0 Å². The summed E-state index contributed by atoms with van der Waals surface area (Å²) in [6.45, 7) is 0.375. The van der Waals surface area contributed by atoms with Gasteiger partial charge in [-0.05, 0) is 18.2 Å². The first-order valence-electron chi connectivity index (χ1n) is 5.55. The molecule has 0 spiro atoms. The molecule has 6 heteroatoms. The van der Waals surface area contributed by atoms with E-state index < -0.39 is 23.8 Å². The molecule has 2 atom stereocenters. The third-order valence-corrected chi connectivity index (χ3v) is 2.39. The molecule has 1 aromatic carbocycles. The molecule has 2 unspecified atom stereocenters. The number of aliphatic hydroxyl groups excluding tert-OH is 2. The second kappa shape index (κ2) is 7.38. The van der Waals surface area contributed by atoms with Crippen LogP contribution in [0.15, 0.2) is 18.2 Å². The smallest absolute Gasteiger partial charge is 0.129 e. The first-order valence-corrected chi connectivity index (χ1v) is 5.55. The lowest BCUT2D eigenvalue weighted by Crippen LogP contribution is -2.32. The summed E-state index contributed by atoms with van der Waals surface area (Å²) < 4.78 is 30.9. The highest BCUT2D eigenvalue weighted by atomic mass is 19.1. The van der Waals surface area contributed by atoms with E-state index >= 15 is 0 Å². The van der Waals surface area contributed by atoms with Gasteiger partial charge in [-0.15, -0.1) is 0 Å². The van der Waals surface area contributed by atoms with Crippen LogP contribution in [0.5, 0.6) is 0 Å². The number of hydrogen-bond donors (Lipinski definition) is 3. The molecule has 0 fully saturated rings. The summed E-state index contributed by atoms with van der Waals surface area (Å²) in [5, 5.41) is 21.8. The second-order valence-electron chi connectivity index (χ2n) is 3.95. The fraction of sp³-hybridized carbons (Fsp3) is 0.500. The van der Waals surface area contributed by atoms with Crippen molar-refractivity contribution in [2.24, 2.45) is 0 Å². The Morgan fingerprint density at radius 2 is 2.00 bits per heavy atom. The van der Waals surface area contributed by atoms with Gasteiger partial charge in [0.15, 0.2) is 0 Å². The molecule has 0 aliphatic carbocycles. The van der Waals surface area contributed by atoms with E-state index in [9.17, 15) is 19.0 Å². The standard InChI is InChI=1S/C12H17F2NO3/c1-18-7-9(16)5-15-6-12(17)10-4-8(13)2-3-11(10)14/h2-4,9,12,15-17H,5-7H2,1H3. The Labute approximate surface area is 104 Å². The van der Waals surface area contributed by atoms with Crippen molar-refractivity contribution in [1.82, 2.24) is 5.32 Å². The zero-order chi connectivity index (χ0) is 13.5. The van der Waals surface area contributed by atoms with Crippen LogP contribution >= 0.6 is 0 Å². The SMILES string of the molecule is COCC(O)CNCC(O)c1cc(F)ccc1F. The van der Waals surface area contributed by atoms with Crippen LogP contribution in [0.3, 0.4) is 0 Å². The van der Waals surface area contributed by atoms with E-state index in [4.69, 9.17) is 4.74 Å². The molecule has 1 rings (SSSR count). The molecule has 4 nitrogen and oxygen atoms in total. The van der Waals surface area contributed by atoms with Crippen molar-refractivity contribution in [2.75, 3.05) is 26.8 Å². The maximum atomic E-state index is 13.3. The Kier molecular flexibility index (Phi) is 6.14. The van der Waals surface area contributed by atoms with Gasteiger partial charge in [0.2, 0.25) is 0 Å². The number of nitrogens with one attached hydrogen (secondary N) is 1. The Morgan fingerprint density at radius 3 is 2.67 bits per heavy atom. The Morgan fingerprint density at radius 1 is 1.28 bits per heavy atom. The molecule has 18 heavy (non-hydrogen) atoms. The molecule has 0 radical (unpaired) electrons. The maximum absolute atomic E-state index is 13.3. The van der Waals surface area contributed by atoms with Gasteiger partial charge in [0.25, 0.3) is 0 Å². The summed E-state index contributed by atoms with van der Waals surface area (Å²) in [4.78, 5) is 0. The Bertz CT molecular complexity index is 376. The third kappa shape index (κ3) is 4.66. The summed E-state index contributed by atoms with van der Waals surface area (Å²) in [6.07, 6.45) is -1.88. The molecular formula is C12H17F2NO3. The topological polar surface area (TPSA) is 61.7 Å². The lowest BCUT2D eigenvalue weighted by atomic mass is 10.1. The molecule has 0 aliphatic rings. The lowest BCUT2D eigenvalue weighted by Gasteiger charge is -2.15. The van der Waals surface area contributed by atoms with E-state index in [0.717, 1.165) is 18.2 Å². The van der Waals surface area contributed by atoms with Crippen molar-refractivity contribution in [1.29, 1.82) is 0 Å². The minimum absolute atomic E-state index is 0.0150. The molecular weight excluding hydrogens is 244 g/mol. The highest BCUT2D eigenvalue weighted by Crippen LogP contribution is 2.17. The minimum Gasteiger partial charge on any atom is -0.389 e. The molecule has 102 valence electrons. The summed E-state index contributed by atoms with van der Waals surface area (Å²) in [5.41, 5.74) is -0.108. The fourth-order valence-corrected chi connectivity index (χ4v) is 1.52. The fourth-order valence-electron chi connectivity index (χ4n) is 1.52. The van der Waals surface area contributed by atoms with Crippen molar-refractivity contribution < 1.29 is 23.7 Å². The average Bonchev–Trinajstić information content (AvgIpc) is 2.32. The van der Waals surface area contributed by atoms with Gasteiger partial charge in [-0.3, -0.25) is 0 Å². The number of hydrogen-bond acceptors (Lipinski definition) is 4. The van der Waals surface area contributed by atoms with E-state index in [1.165, 1.54) is 7.11 Å². The van der Waals surface area contributed by atoms with Gasteiger partial charge in [-0.25, -0.2) is 8.78 Å². The Balaban J connectivity index is 2.45. The van der Waals surface area contributed by atoms with Crippen molar-refractivity contribution in [3.05, 3.63) is 35.4 Å². The van der Waals surface area contributed by atoms with Crippen LogP contribution in [0, 0.1) is 11.6 Å². The maximum Gasteiger partial charge on any atom is 0.129 e. The minimum atomic E-state index is -1.17. The summed E-state index contributed by atoms with van der Waals surface area (Å²) >= 11 is 0. The van der Waals surface area contributed by atoms with Gasteiger partial charge in [0.05, 0.1) is 18.8 Å². The van der Waals surface area contributed by atoms with E-state index in [0.29, 0.717) is 0 Å². The van der Waals surface area contributed by atoms with Crippen molar-refractivity contribution in [3.63, 3.8) is 0 Å². The van der Waals surface area contributed by atoms with Gasteiger partial charge in [-0.2, -0.15) is 0 Å². The highest BCUT2D eigenvalue weighted by molar-refractivity contribution is 5.21. The molecule has 0 saturated carbocycles. The average molecular weight is 261 g/mol. The first kappa shape index (κ1) is 15.0. The predicted molar refractivity (Wildman–Crippen MR) is 62.1 cm³/mol. The van der Waals surface area contributed by atoms with Crippen molar-refractivity contribution in [2.45, 2.75) is 12.2 Å². The van der Waals surface area contributed by atoms with E-state index in [1.807, 2.05) is 0 Å².